The van der Waals surface area contributed by atoms with E-state index in [9.17, 15) is 18.3 Å². The van der Waals surface area contributed by atoms with E-state index < -0.39 is 21.8 Å². The average molecular weight is 291 g/mol. The van der Waals surface area contributed by atoms with Crippen LogP contribution in [0.5, 0.6) is 0 Å². The first kappa shape index (κ1) is 16.4. The summed E-state index contributed by atoms with van der Waals surface area (Å²) in [6.07, 6.45) is 2.38. The van der Waals surface area contributed by atoms with Crippen molar-refractivity contribution in [1.29, 1.82) is 0 Å². The molecule has 1 saturated heterocycles. The van der Waals surface area contributed by atoms with Crippen LogP contribution >= 0.6 is 0 Å². The molecule has 1 aliphatic rings. The molecule has 1 atom stereocenters. The second-order valence-electron chi connectivity index (χ2n) is 5.96. The second-order valence-corrected chi connectivity index (χ2v) is 8.43. The molecular weight excluding hydrogens is 266 g/mol. The largest absolute Gasteiger partial charge is 0.480 e. The number of likely N-dealkylation sites (tertiary alicyclic amines) is 1. The van der Waals surface area contributed by atoms with Crippen molar-refractivity contribution in [1.82, 2.24) is 4.90 Å². The Morgan fingerprint density at radius 1 is 1.42 bits per heavy atom. The number of aliphatic carboxylic acids is 1. The van der Waals surface area contributed by atoms with Crippen molar-refractivity contribution >= 4 is 15.8 Å². The third kappa shape index (κ3) is 4.45. The van der Waals surface area contributed by atoms with E-state index in [2.05, 4.69) is 0 Å². The van der Waals surface area contributed by atoms with Gasteiger partial charge in [0.2, 0.25) is 0 Å². The number of carboxylic acid groups (broad SMARTS) is 1. The van der Waals surface area contributed by atoms with Crippen LogP contribution in [-0.2, 0) is 14.6 Å². The first-order valence-electron chi connectivity index (χ1n) is 6.87. The molecule has 0 spiro atoms. The Morgan fingerprint density at radius 3 is 2.58 bits per heavy atom. The molecule has 5 nitrogen and oxygen atoms in total. The van der Waals surface area contributed by atoms with Gasteiger partial charge in [0, 0.05) is 5.75 Å². The highest BCUT2D eigenvalue weighted by molar-refractivity contribution is 7.91. The van der Waals surface area contributed by atoms with Crippen molar-refractivity contribution in [2.75, 3.05) is 24.6 Å². The molecule has 0 aliphatic carbocycles. The molecule has 0 amide bonds. The summed E-state index contributed by atoms with van der Waals surface area (Å²) in [4.78, 5) is 13.4. The smallest absolute Gasteiger partial charge is 0.321 e. The summed E-state index contributed by atoms with van der Waals surface area (Å²) in [5, 5.41) is 9.39. The van der Waals surface area contributed by atoms with Gasteiger partial charge in [0.05, 0.1) is 5.75 Å². The predicted octanol–water partition coefficient (Wildman–Crippen LogP) is 1.39. The Balaban J connectivity index is 2.63. The maximum atomic E-state index is 11.4. The van der Waals surface area contributed by atoms with Crippen molar-refractivity contribution in [3.63, 3.8) is 0 Å². The SMILES string of the molecule is CCS(=O)(=O)CCCN1CCCC(C)(C)C1C(=O)O. The van der Waals surface area contributed by atoms with E-state index >= 15 is 0 Å². The van der Waals surface area contributed by atoms with Gasteiger partial charge in [0.15, 0.2) is 0 Å². The fourth-order valence-corrected chi connectivity index (χ4v) is 3.72. The van der Waals surface area contributed by atoms with E-state index in [4.69, 9.17) is 0 Å². The lowest BCUT2D eigenvalue weighted by molar-refractivity contribution is -0.150. The van der Waals surface area contributed by atoms with Crippen molar-refractivity contribution in [2.24, 2.45) is 5.41 Å². The maximum Gasteiger partial charge on any atom is 0.321 e. The monoisotopic (exact) mass is 291 g/mol. The molecule has 112 valence electrons. The van der Waals surface area contributed by atoms with E-state index in [0.29, 0.717) is 13.0 Å². The van der Waals surface area contributed by atoms with Gasteiger partial charge in [-0.2, -0.15) is 0 Å². The molecule has 1 fully saturated rings. The van der Waals surface area contributed by atoms with E-state index in [1.165, 1.54) is 0 Å². The number of piperidine rings is 1. The highest BCUT2D eigenvalue weighted by Crippen LogP contribution is 2.35. The zero-order chi connectivity index (χ0) is 14.7. The minimum atomic E-state index is -2.96. The van der Waals surface area contributed by atoms with Crippen LogP contribution in [0.3, 0.4) is 0 Å². The Morgan fingerprint density at radius 2 is 2.05 bits per heavy atom. The van der Waals surface area contributed by atoms with Gasteiger partial charge in [0.25, 0.3) is 0 Å². The van der Waals surface area contributed by atoms with Crippen molar-refractivity contribution in [3.8, 4) is 0 Å². The van der Waals surface area contributed by atoms with Gasteiger partial charge in [0.1, 0.15) is 15.9 Å². The molecule has 1 heterocycles. The number of hydrogen-bond donors (Lipinski definition) is 1. The van der Waals surface area contributed by atoms with E-state index in [1.807, 2.05) is 18.7 Å². The highest BCUT2D eigenvalue weighted by Gasteiger charge is 2.42. The topological polar surface area (TPSA) is 74.7 Å². The second kappa shape index (κ2) is 6.22. The number of hydrogen-bond acceptors (Lipinski definition) is 4. The molecule has 1 unspecified atom stereocenters. The minimum absolute atomic E-state index is 0.146. The Kier molecular flexibility index (Phi) is 5.38. The Labute approximate surface area is 115 Å². The summed E-state index contributed by atoms with van der Waals surface area (Å²) >= 11 is 0. The number of carbonyl (C=O) groups is 1. The normalized spacial score (nSPS) is 24.3. The van der Waals surface area contributed by atoms with Crippen LogP contribution in [0.2, 0.25) is 0 Å². The number of rotatable bonds is 6. The lowest BCUT2D eigenvalue weighted by Gasteiger charge is -2.44. The lowest BCUT2D eigenvalue weighted by atomic mass is 9.76. The van der Waals surface area contributed by atoms with Crippen LogP contribution in [0.4, 0.5) is 0 Å². The summed E-state index contributed by atoms with van der Waals surface area (Å²) in [6.45, 7) is 6.87. The van der Waals surface area contributed by atoms with Gasteiger partial charge >= 0.3 is 5.97 Å². The highest BCUT2D eigenvalue weighted by atomic mass is 32.2. The standard InChI is InChI=1S/C13H25NO4S/c1-4-19(17,18)10-6-9-14-8-5-7-13(2,3)11(14)12(15)16/h11H,4-10H2,1-3H3,(H,15,16). The third-order valence-corrected chi connectivity index (χ3v) is 5.74. The quantitative estimate of drug-likeness (QED) is 0.800. The molecule has 0 aromatic heterocycles. The first-order valence-corrected chi connectivity index (χ1v) is 8.69. The molecule has 0 aromatic rings. The molecule has 1 rings (SSSR count). The fourth-order valence-electron chi connectivity index (χ4n) is 2.86. The van der Waals surface area contributed by atoms with Gasteiger partial charge < -0.3 is 5.11 Å². The van der Waals surface area contributed by atoms with Gasteiger partial charge in [-0.05, 0) is 37.8 Å². The molecule has 0 bridgehead atoms. The predicted molar refractivity (Wildman–Crippen MR) is 75.0 cm³/mol. The molecule has 19 heavy (non-hydrogen) atoms. The zero-order valence-corrected chi connectivity index (χ0v) is 12.9. The summed E-state index contributed by atoms with van der Waals surface area (Å²) < 4.78 is 22.9. The number of carboxylic acids is 1. The maximum absolute atomic E-state index is 11.4. The van der Waals surface area contributed by atoms with Crippen LogP contribution in [-0.4, -0.2) is 55.0 Å². The van der Waals surface area contributed by atoms with E-state index in [0.717, 1.165) is 19.4 Å². The lowest BCUT2D eigenvalue weighted by Crippen LogP contribution is -2.54. The van der Waals surface area contributed by atoms with Gasteiger partial charge in [-0.15, -0.1) is 0 Å². The van der Waals surface area contributed by atoms with Crippen LogP contribution in [0.15, 0.2) is 0 Å². The molecule has 6 heteroatoms. The van der Waals surface area contributed by atoms with Crippen LogP contribution in [0.25, 0.3) is 0 Å². The average Bonchev–Trinajstić information content (AvgIpc) is 2.27. The number of nitrogens with zero attached hydrogens (tertiary/aromatic N) is 1. The molecule has 1 N–H and O–H groups in total. The Bertz CT molecular complexity index is 416. The molecule has 0 saturated carbocycles. The minimum Gasteiger partial charge on any atom is -0.480 e. The van der Waals surface area contributed by atoms with E-state index in [-0.39, 0.29) is 16.9 Å². The third-order valence-electron chi connectivity index (χ3n) is 3.95. The zero-order valence-electron chi connectivity index (χ0n) is 12.1. The van der Waals surface area contributed by atoms with Crippen molar-refractivity contribution in [2.45, 2.75) is 46.1 Å². The van der Waals surface area contributed by atoms with Crippen LogP contribution in [0, 0.1) is 5.41 Å². The van der Waals surface area contributed by atoms with Gasteiger partial charge in [-0.25, -0.2) is 8.42 Å². The Hall–Kier alpha value is -0.620. The van der Waals surface area contributed by atoms with Crippen LogP contribution in [0.1, 0.15) is 40.0 Å². The number of sulfone groups is 1. The molecule has 0 radical (unpaired) electrons. The molecule has 0 aromatic carbocycles. The fraction of sp³-hybridized carbons (Fsp3) is 0.923. The molecule has 1 aliphatic heterocycles. The van der Waals surface area contributed by atoms with Crippen LogP contribution < -0.4 is 0 Å². The summed E-state index contributed by atoms with van der Waals surface area (Å²) in [6, 6.07) is -0.509. The summed E-state index contributed by atoms with van der Waals surface area (Å²) in [5.74, 6) is -0.504. The van der Waals surface area contributed by atoms with Crippen molar-refractivity contribution < 1.29 is 18.3 Å². The van der Waals surface area contributed by atoms with Crippen molar-refractivity contribution in [3.05, 3.63) is 0 Å². The summed E-state index contributed by atoms with van der Waals surface area (Å²) in [5.41, 5.74) is -0.256. The van der Waals surface area contributed by atoms with Gasteiger partial charge in [-0.3, -0.25) is 9.69 Å². The molecular formula is C13H25NO4S. The summed E-state index contributed by atoms with van der Waals surface area (Å²) in [7, 11) is -2.96. The van der Waals surface area contributed by atoms with E-state index in [1.54, 1.807) is 6.92 Å². The first-order chi connectivity index (χ1) is 8.69. The van der Waals surface area contributed by atoms with Gasteiger partial charge in [-0.1, -0.05) is 20.8 Å².